The maximum Gasteiger partial charge on any atom is 0.328 e. The Hall–Kier alpha value is -1.37. The van der Waals surface area contributed by atoms with E-state index in [1.54, 1.807) is 18.2 Å². The lowest BCUT2D eigenvalue weighted by Gasteiger charge is -2.01. The zero-order chi connectivity index (χ0) is 11.3. The highest BCUT2D eigenvalue weighted by Gasteiger charge is 1.98. The van der Waals surface area contributed by atoms with Crippen molar-refractivity contribution in [3.63, 3.8) is 0 Å². The summed E-state index contributed by atoms with van der Waals surface area (Å²) >= 11 is 2.12. The molecule has 1 aromatic carbocycles. The van der Waals surface area contributed by atoms with Crippen LogP contribution >= 0.6 is 22.6 Å². The van der Waals surface area contributed by atoms with E-state index in [9.17, 15) is 9.59 Å². The molecule has 0 aliphatic carbocycles. The Balaban J connectivity index is 2.63. The molecule has 0 aromatic heterocycles. The number of carboxylic acids is 1. The fourth-order valence-corrected chi connectivity index (χ4v) is 1.44. The van der Waals surface area contributed by atoms with Crippen molar-refractivity contribution in [1.82, 2.24) is 0 Å². The zero-order valence-electron chi connectivity index (χ0n) is 7.61. The number of halogens is 1. The maximum atomic E-state index is 11.2. The van der Waals surface area contributed by atoms with E-state index in [-0.39, 0.29) is 0 Å². The van der Waals surface area contributed by atoms with Crippen LogP contribution in [0, 0.1) is 3.57 Å². The number of carbonyl (C=O) groups excluding carboxylic acids is 1. The Bertz CT molecular complexity index is 415. The van der Waals surface area contributed by atoms with Crippen molar-refractivity contribution < 1.29 is 14.7 Å². The number of carbonyl (C=O) groups is 2. The number of rotatable bonds is 3. The number of hydrogen-bond acceptors (Lipinski definition) is 2. The van der Waals surface area contributed by atoms with Gasteiger partial charge in [-0.05, 0) is 40.8 Å². The lowest BCUT2D eigenvalue weighted by Crippen LogP contribution is -2.08. The van der Waals surface area contributed by atoms with E-state index in [1.807, 2.05) is 6.07 Å². The zero-order valence-corrected chi connectivity index (χ0v) is 9.76. The summed E-state index contributed by atoms with van der Waals surface area (Å²) in [7, 11) is 0. The SMILES string of the molecule is O=C(O)C=CC(=O)Nc1cccc(I)c1. The molecule has 0 atom stereocenters. The molecule has 0 spiro atoms. The fourth-order valence-electron chi connectivity index (χ4n) is 0.897. The molecular formula is C10H8INO3. The standard InChI is InChI=1S/C10H8INO3/c11-7-2-1-3-8(6-7)12-9(13)4-5-10(14)15/h1-6H,(H,12,13)(H,14,15). The maximum absolute atomic E-state index is 11.2. The first-order valence-electron chi connectivity index (χ1n) is 4.05. The van der Waals surface area contributed by atoms with Crippen LogP contribution < -0.4 is 5.32 Å². The third kappa shape index (κ3) is 4.59. The normalized spacial score (nSPS) is 10.2. The Labute approximate surface area is 100 Å². The average molecular weight is 317 g/mol. The van der Waals surface area contributed by atoms with Gasteiger partial charge in [0, 0.05) is 21.4 Å². The van der Waals surface area contributed by atoms with Gasteiger partial charge >= 0.3 is 5.97 Å². The molecule has 0 saturated heterocycles. The molecule has 1 rings (SSSR count). The van der Waals surface area contributed by atoms with Gasteiger partial charge in [0.2, 0.25) is 5.91 Å². The smallest absolute Gasteiger partial charge is 0.328 e. The van der Waals surface area contributed by atoms with Crippen molar-refractivity contribution in [3.05, 3.63) is 40.0 Å². The Morgan fingerprint density at radius 2 is 2.07 bits per heavy atom. The van der Waals surface area contributed by atoms with E-state index in [1.165, 1.54) is 0 Å². The minimum Gasteiger partial charge on any atom is -0.478 e. The van der Waals surface area contributed by atoms with Crippen LogP contribution in [0.15, 0.2) is 36.4 Å². The summed E-state index contributed by atoms with van der Waals surface area (Å²) in [5.74, 6) is -1.60. The molecular weight excluding hydrogens is 309 g/mol. The van der Waals surface area contributed by atoms with Crippen LogP contribution in [-0.4, -0.2) is 17.0 Å². The first-order chi connectivity index (χ1) is 7.08. The number of hydrogen-bond donors (Lipinski definition) is 2. The van der Waals surface area contributed by atoms with Gasteiger partial charge in [0.25, 0.3) is 0 Å². The van der Waals surface area contributed by atoms with Gasteiger partial charge in [0.05, 0.1) is 0 Å². The predicted octanol–water partition coefficient (Wildman–Crippen LogP) is 1.87. The summed E-state index contributed by atoms with van der Waals surface area (Å²) < 4.78 is 0.993. The highest BCUT2D eigenvalue weighted by atomic mass is 127. The van der Waals surface area contributed by atoms with E-state index < -0.39 is 11.9 Å². The van der Waals surface area contributed by atoms with Crippen LogP contribution in [0.1, 0.15) is 0 Å². The van der Waals surface area contributed by atoms with Crippen molar-refractivity contribution in [2.45, 2.75) is 0 Å². The van der Waals surface area contributed by atoms with E-state index in [0.717, 1.165) is 15.7 Å². The lowest BCUT2D eigenvalue weighted by atomic mass is 10.3. The van der Waals surface area contributed by atoms with Crippen molar-refractivity contribution in [1.29, 1.82) is 0 Å². The molecule has 78 valence electrons. The Kier molecular flexibility index (Phi) is 4.29. The first kappa shape index (κ1) is 11.7. The molecule has 0 aliphatic rings. The third-order valence-corrected chi connectivity index (χ3v) is 2.14. The number of amides is 1. The number of nitrogens with one attached hydrogen (secondary N) is 1. The molecule has 5 heteroatoms. The van der Waals surface area contributed by atoms with Gasteiger partial charge in [-0.1, -0.05) is 6.07 Å². The van der Waals surface area contributed by atoms with Gasteiger partial charge in [0.15, 0.2) is 0 Å². The van der Waals surface area contributed by atoms with E-state index in [0.29, 0.717) is 5.69 Å². The van der Waals surface area contributed by atoms with Gasteiger partial charge < -0.3 is 10.4 Å². The van der Waals surface area contributed by atoms with Crippen LogP contribution in [0.2, 0.25) is 0 Å². The molecule has 2 N–H and O–H groups in total. The highest BCUT2D eigenvalue weighted by molar-refractivity contribution is 14.1. The van der Waals surface area contributed by atoms with Crippen LogP contribution in [0.4, 0.5) is 5.69 Å². The largest absolute Gasteiger partial charge is 0.478 e. The summed E-state index contributed by atoms with van der Waals surface area (Å²) in [4.78, 5) is 21.3. The monoisotopic (exact) mass is 317 g/mol. The Morgan fingerprint density at radius 1 is 1.33 bits per heavy atom. The van der Waals surface area contributed by atoms with Crippen LogP contribution in [0.25, 0.3) is 0 Å². The van der Waals surface area contributed by atoms with Crippen molar-refractivity contribution >= 4 is 40.2 Å². The van der Waals surface area contributed by atoms with E-state index in [4.69, 9.17) is 5.11 Å². The average Bonchev–Trinajstić information content (AvgIpc) is 2.15. The molecule has 4 nitrogen and oxygen atoms in total. The molecule has 0 bridgehead atoms. The van der Waals surface area contributed by atoms with Gasteiger partial charge in [-0.25, -0.2) is 4.79 Å². The quantitative estimate of drug-likeness (QED) is 0.661. The van der Waals surface area contributed by atoms with Crippen molar-refractivity contribution in [3.8, 4) is 0 Å². The minimum absolute atomic E-state index is 0.459. The first-order valence-corrected chi connectivity index (χ1v) is 5.13. The fraction of sp³-hybridized carbons (Fsp3) is 0. The van der Waals surface area contributed by atoms with E-state index in [2.05, 4.69) is 27.9 Å². The Morgan fingerprint density at radius 3 is 2.67 bits per heavy atom. The molecule has 0 unspecified atom stereocenters. The summed E-state index contributed by atoms with van der Waals surface area (Å²) in [5.41, 5.74) is 0.641. The molecule has 0 saturated carbocycles. The molecule has 0 aliphatic heterocycles. The second kappa shape index (κ2) is 5.50. The molecule has 0 heterocycles. The minimum atomic E-state index is -1.15. The second-order valence-corrected chi connectivity index (χ2v) is 3.92. The van der Waals surface area contributed by atoms with Crippen molar-refractivity contribution in [2.24, 2.45) is 0 Å². The predicted molar refractivity (Wildman–Crippen MR) is 64.6 cm³/mol. The lowest BCUT2D eigenvalue weighted by molar-refractivity contribution is -0.131. The number of benzene rings is 1. The van der Waals surface area contributed by atoms with Gasteiger partial charge in [-0.2, -0.15) is 0 Å². The molecule has 1 amide bonds. The van der Waals surface area contributed by atoms with Crippen LogP contribution in [0.5, 0.6) is 0 Å². The summed E-state index contributed by atoms with van der Waals surface area (Å²) in [5, 5.41) is 10.8. The van der Waals surface area contributed by atoms with Crippen LogP contribution in [0.3, 0.4) is 0 Å². The molecule has 0 fully saturated rings. The number of aliphatic carboxylic acids is 1. The van der Waals surface area contributed by atoms with Crippen LogP contribution in [-0.2, 0) is 9.59 Å². The second-order valence-electron chi connectivity index (χ2n) is 2.67. The summed E-state index contributed by atoms with van der Waals surface area (Å²) in [6, 6.07) is 7.21. The van der Waals surface area contributed by atoms with Gasteiger partial charge in [-0.15, -0.1) is 0 Å². The molecule has 15 heavy (non-hydrogen) atoms. The van der Waals surface area contributed by atoms with E-state index >= 15 is 0 Å². The van der Waals surface area contributed by atoms with Gasteiger partial charge in [-0.3, -0.25) is 4.79 Å². The summed E-state index contributed by atoms with van der Waals surface area (Å²) in [6.07, 6.45) is 1.77. The number of carboxylic acid groups (broad SMARTS) is 1. The third-order valence-electron chi connectivity index (χ3n) is 1.47. The van der Waals surface area contributed by atoms with Gasteiger partial charge in [0.1, 0.15) is 0 Å². The molecule has 0 radical (unpaired) electrons. The molecule has 1 aromatic rings. The summed E-state index contributed by atoms with van der Waals surface area (Å²) in [6.45, 7) is 0. The number of anilines is 1. The topological polar surface area (TPSA) is 66.4 Å². The highest BCUT2D eigenvalue weighted by Crippen LogP contribution is 2.12. The van der Waals surface area contributed by atoms with Crippen molar-refractivity contribution in [2.75, 3.05) is 5.32 Å².